The molecule has 47 heavy (non-hydrogen) atoms. The van der Waals surface area contributed by atoms with E-state index >= 15 is 13.2 Å². The molecular weight excluding hydrogens is 637 g/mol. The fourth-order valence-electron chi connectivity index (χ4n) is 4.85. The van der Waals surface area contributed by atoms with E-state index in [0.29, 0.717) is 30.4 Å². The first-order valence-electron chi connectivity index (χ1n) is 14.7. The van der Waals surface area contributed by atoms with Gasteiger partial charge in [-0.1, -0.05) is 30.3 Å². The van der Waals surface area contributed by atoms with Crippen molar-refractivity contribution < 1.29 is 35.9 Å². The summed E-state index contributed by atoms with van der Waals surface area (Å²) >= 11 is 0. The van der Waals surface area contributed by atoms with Crippen molar-refractivity contribution in [2.75, 3.05) is 23.1 Å². The van der Waals surface area contributed by atoms with Crippen LogP contribution in [0.5, 0.6) is 11.6 Å². The number of aromatic nitrogens is 3. The second-order valence-corrected chi connectivity index (χ2v) is 13.6. The molecule has 0 aliphatic carbocycles. The SMILES string of the molecule is CC(C)(C)OC(=O)N1CCC[C@H](Nc2nccc(-c3cccnc3Oc3cc(F)c(NS(=O)(=O)Cc4ccccc4)c(F)c3F)n2)C1. The molecule has 1 fully saturated rings. The Hall–Kier alpha value is -4.92. The van der Waals surface area contributed by atoms with Crippen molar-refractivity contribution in [3.63, 3.8) is 0 Å². The van der Waals surface area contributed by atoms with E-state index in [1.807, 2.05) is 0 Å². The molecule has 0 saturated carbocycles. The van der Waals surface area contributed by atoms with Crippen LogP contribution in [0.4, 0.5) is 29.6 Å². The van der Waals surface area contributed by atoms with Gasteiger partial charge < -0.3 is 19.7 Å². The first kappa shape index (κ1) is 33.4. The van der Waals surface area contributed by atoms with E-state index in [1.54, 1.807) is 66.8 Å². The summed E-state index contributed by atoms with van der Waals surface area (Å²) in [6, 6.07) is 13.0. The van der Waals surface area contributed by atoms with Gasteiger partial charge in [-0.15, -0.1) is 0 Å². The number of nitrogens with one attached hydrogen (secondary N) is 2. The molecule has 3 heterocycles. The quantitative estimate of drug-likeness (QED) is 0.191. The number of carbonyl (C=O) groups excluding carboxylic acids is 1. The number of sulfonamides is 1. The number of likely N-dealkylation sites (tertiary alicyclic amines) is 1. The van der Waals surface area contributed by atoms with Gasteiger partial charge in [-0.3, -0.25) is 4.72 Å². The number of nitrogens with zero attached hydrogens (tertiary/aromatic N) is 4. The molecule has 1 saturated heterocycles. The van der Waals surface area contributed by atoms with Crippen molar-refractivity contribution in [2.24, 2.45) is 0 Å². The van der Waals surface area contributed by atoms with E-state index < -0.39 is 56.4 Å². The number of carbonyl (C=O) groups is 1. The van der Waals surface area contributed by atoms with Crippen LogP contribution in [0.2, 0.25) is 0 Å². The van der Waals surface area contributed by atoms with Gasteiger partial charge in [-0.2, -0.15) is 4.39 Å². The van der Waals surface area contributed by atoms with Crippen LogP contribution >= 0.6 is 0 Å². The Morgan fingerprint density at radius 3 is 2.53 bits per heavy atom. The second kappa shape index (κ2) is 13.8. The van der Waals surface area contributed by atoms with Crippen molar-refractivity contribution in [2.45, 2.75) is 51.0 Å². The molecule has 0 spiro atoms. The zero-order valence-electron chi connectivity index (χ0n) is 25.8. The number of pyridine rings is 1. The summed E-state index contributed by atoms with van der Waals surface area (Å²) in [7, 11) is -4.29. The lowest BCUT2D eigenvalue weighted by Gasteiger charge is -2.34. The normalized spacial score (nSPS) is 15.2. The summed E-state index contributed by atoms with van der Waals surface area (Å²) in [4.78, 5) is 27.1. The highest BCUT2D eigenvalue weighted by Gasteiger charge is 2.29. The Labute approximate surface area is 270 Å². The van der Waals surface area contributed by atoms with Crippen molar-refractivity contribution in [1.29, 1.82) is 0 Å². The monoisotopic (exact) mass is 670 g/mol. The minimum Gasteiger partial charge on any atom is -0.444 e. The maximum absolute atomic E-state index is 15.2. The molecule has 15 heteroatoms. The number of piperidine rings is 1. The maximum atomic E-state index is 15.2. The van der Waals surface area contributed by atoms with Crippen LogP contribution in [0.3, 0.4) is 0 Å². The third-order valence-electron chi connectivity index (χ3n) is 6.90. The largest absolute Gasteiger partial charge is 0.444 e. The number of amides is 1. The van der Waals surface area contributed by atoms with Crippen LogP contribution in [0.15, 0.2) is 67.0 Å². The molecule has 2 aromatic carbocycles. The van der Waals surface area contributed by atoms with Crippen molar-refractivity contribution >= 4 is 27.8 Å². The number of benzene rings is 2. The Morgan fingerprint density at radius 2 is 1.79 bits per heavy atom. The number of hydrogen-bond donors (Lipinski definition) is 2. The standard InChI is InChI=1S/C32H33F3N6O5S/c1-32(2,3)46-31(42)41-16-8-11-21(18-41)38-30-37-15-13-24(39-30)22-12-7-14-36-29(22)45-25-17-23(33)28(27(35)26(25)34)40-47(43,44)19-20-9-5-4-6-10-20/h4-7,9-10,12-15,17,21,40H,8,11,16,18-19H2,1-3H3,(H,37,38,39)/t21-/m0/s1. The summed E-state index contributed by atoms with van der Waals surface area (Å²) < 4.78 is 83.2. The minimum absolute atomic E-state index is 0.167. The molecule has 5 rings (SSSR count). The molecule has 0 bridgehead atoms. The van der Waals surface area contributed by atoms with Gasteiger partial charge >= 0.3 is 6.09 Å². The third kappa shape index (κ3) is 8.67. The highest BCUT2D eigenvalue weighted by atomic mass is 32.2. The highest BCUT2D eigenvalue weighted by molar-refractivity contribution is 7.91. The lowest BCUT2D eigenvalue weighted by molar-refractivity contribution is 0.0206. The van der Waals surface area contributed by atoms with Gasteiger partial charge in [0.2, 0.25) is 27.7 Å². The van der Waals surface area contributed by atoms with Crippen LogP contribution < -0.4 is 14.8 Å². The van der Waals surface area contributed by atoms with Crippen LogP contribution in [0.1, 0.15) is 39.2 Å². The van der Waals surface area contributed by atoms with Gasteiger partial charge in [0, 0.05) is 37.6 Å². The summed E-state index contributed by atoms with van der Waals surface area (Å²) in [5.74, 6) is -6.22. The fraction of sp³-hybridized carbons (Fsp3) is 0.312. The van der Waals surface area contributed by atoms with Gasteiger partial charge in [-0.25, -0.2) is 36.9 Å². The van der Waals surface area contributed by atoms with E-state index in [2.05, 4.69) is 20.3 Å². The number of hydrogen-bond acceptors (Lipinski definition) is 9. The molecule has 0 unspecified atom stereocenters. The predicted octanol–water partition coefficient (Wildman–Crippen LogP) is 6.50. The Morgan fingerprint density at radius 1 is 1.02 bits per heavy atom. The van der Waals surface area contributed by atoms with E-state index in [-0.39, 0.29) is 23.4 Å². The molecule has 2 aromatic heterocycles. The molecule has 11 nitrogen and oxygen atoms in total. The van der Waals surface area contributed by atoms with Gasteiger partial charge in [0.05, 0.1) is 17.0 Å². The minimum atomic E-state index is -4.29. The molecule has 0 radical (unpaired) electrons. The summed E-state index contributed by atoms with van der Waals surface area (Å²) in [6.45, 7) is 6.33. The third-order valence-corrected chi connectivity index (χ3v) is 8.13. The van der Waals surface area contributed by atoms with E-state index in [4.69, 9.17) is 9.47 Å². The summed E-state index contributed by atoms with van der Waals surface area (Å²) in [6.07, 6.45) is 3.90. The molecule has 248 valence electrons. The highest BCUT2D eigenvalue weighted by Crippen LogP contribution is 2.36. The molecule has 1 atom stereocenters. The average Bonchev–Trinajstić information content (AvgIpc) is 3.02. The Bertz CT molecular complexity index is 1860. The topological polar surface area (TPSA) is 136 Å². The van der Waals surface area contributed by atoms with Gasteiger partial charge in [0.15, 0.2) is 17.4 Å². The number of ether oxygens (including phenoxy) is 2. The predicted molar refractivity (Wildman–Crippen MR) is 169 cm³/mol. The number of halogens is 3. The van der Waals surface area contributed by atoms with Crippen LogP contribution in [0, 0.1) is 17.5 Å². The number of anilines is 2. The second-order valence-electron chi connectivity index (χ2n) is 11.8. The van der Waals surface area contributed by atoms with Crippen LogP contribution in [-0.2, 0) is 20.5 Å². The lowest BCUT2D eigenvalue weighted by Crippen LogP contribution is -2.47. The van der Waals surface area contributed by atoms with Crippen molar-refractivity contribution in [3.8, 4) is 22.9 Å². The van der Waals surface area contributed by atoms with Crippen molar-refractivity contribution in [3.05, 3.63) is 90.0 Å². The Balaban J connectivity index is 1.33. The fourth-order valence-corrected chi connectivity index (χ4v) is 6.05. The van der Waals surface area contributed by atoms with Crippen molar-refractivity contribution in [1.82, 2.24) is 19.9 Å². The summed E-state index contributed by atoms with van der Waals surface area (Å²) in [5, 5.41) is 3.22. The van der Waals surface area contributed by atoms with E-state index in [0.717, 1.165) is 12.8 Å². The van der Waals surface area contributed by atoms with Gasteiger partial charge in [0.25, 0.3) is 0 Å². The lowest BCUT2D eigenvalue weighted by atomic mass is 10.1. The van der Waals surface area contributed by atoms with Crippen LogP contribution in [0.25, 0.3) is 11.3 Å². The first-order valence-corrected chi connectivity index (χ1v) is 16.4. The molecule has 4 aromatic rings. The van der Waals surface area contributed by atoms with Gasteiger partial charge in [-0.05, 0) is 57.4 Å². The summed E-state index contributed by atoms with van der Waals surface area (Å²) in [5.41, 5.74) is -0.872. The first-order chi connectivity index (χ1) is 22.3. The molecular formula is C32H33F3N6O5S. The van der Waals surface area contributed by atoms with Gasteiger partial charge in [0.1, 0.15) is 11.3 Å². The zero-order valence-corrected chi connectivity index (χ0v) is 26.7. The van der Waals surface area contributed by atoms with E-state index in [9.17, 15) is 13.2 Å². The maximum Gasteiger partial charge on any atom is 0.410 e. The molecule has 2 N–H and O–H groups in total. The molecule has 1 aliphatic rings. The smallest absolute Gasteiger partial charge is 0.410 e. The average molecular weight is 671 g/mol. The molecule has 1 amide bonds. The zero-order chi connectivity index (χ0) is 33.8. The molecule has 1 aliphatic heterocycles. The van der Waals surface area contributed by atoms with Crippen LogP contribution in [-0.4, -0.2) is 59.1 Å². The van der Waals surface area contributed by atoms with E-state index in [1.165, 1.54) is 24.5 Å². The Kier molecular flexibility index (Phi) is 9.84. The number of rotatable bonds is 9.